The van der Waals surface area contributed by atoms with Crippen molar-refractivity contribution in [1.29, 1.82) is 0 Å². The first-order chi connectivity index (χ1) is 12.6. The summed E-state index contributed by atoms with van der Waals surface area (Å²) in [6.07, 6.45) is 3.91. The Balaban J connectivity index is 1.68. The Labute approximate surface area is 157 Å². The Kier molecular flexibility index (Phi) is 6.68. The number of ether oxygens (including phenoxy) is 1. The van der Waals surface area contributed by atoms with E-state index in [4.69, 9.17) is 4.74 Å². The molecule has 2 saturated heterocycles. The quantitative estimate of drug-likeness (QED) is 0.819. The maximum atomic E-state index is 12.9. The van der Waals surface area contributed by atoms with E-state index < -0.39 is 5.60 Å². The van der Waals surface area contributed by atoms with Crippen LogP contribution < -0.4 is 10.6 Å². The smallest absolute Gasteiger partial charge is 0.252 e. The fraction of sp³-hybridized carbons (Fsp3) is 0.667. The topological polar surface area (TPSA) is 53.6 Å². The molecule has 0 aliphatic carbocycles. The molecule has 5 heteroatoms. The molecule has 0 bridgehead atoms. The highest BCUT2D eigenvalue weighted by atomic mass is 16.5. The van der Waals surface area contributed by atoms with Gasteiger partial charge in [-0.3, -0.25) is 9.69 Å². The molecule has 0 radical (unpaired) electrons. The minimum absolute atomic E-state index is 0.0350. The van der Waals surface area contributed by atoms with Crippen molar-refractivity contribution < 1.29 is 9.53 Å². The van der Waals surface area contributed by atoms with Gasteiger partial charge in [-0.05, 0) is 63.3 Å². The van der Waals surface area contributed by atoms with Crippen LogP contribution in [-0.4, -0.2) is 56.2 Å². The standard InChI is InChI=1S/C21H33N3O2/c1-17-8-14-24(15-9-17)19(18-6-4-3-5-7-18)16-23-20(25)21(26-2)10-12-22-13-11-21/h3-7,17,19,22H,8-16H2,1-2H3,(H,23,25). The number of nitrogens with zero attached hydrogens (tertiary/aromatic N) is 1. The summed E-state index contributed by atoms with van der Waals surface area (Å²) in [6.45, 7) is 6.80. The van der Waals surface area contributed by atoms with Crippen LogP contribution in [-0.2, 0) is 9.53 Å². The second-order valence-corrected chi connectivity index (χ2v) is 7.80. The van der Waals surface area contributed by atoms with Gasteiger partial charge in [0.2, 0.25) is 0 Å². The van der Waals surface area contributed by atoms with Gasteiger partial charge in [0.25, 0.3) is 5.91 Å². The summed E-state index contributed by atoms with van der Waals surface area (Å²) < 4.78 is 5.67. The van der Waals surface area contributed by atoms with Crippen LogP contribution in [0.15, 0.2) is 30.3 Å². The Bertz CT molecular complexity index is 564. The zero-order valence-corrected chi connectivity index (χ0v) is 16.2. The van der Waals surface area contributed by atoms with Crippen molar-refractivity contribution in [2.45, 2.75) is 44.2 Å². The second kappa shape index (κ2) is 8.98. The lowest BCUT2D eigenvalue weighted by molar-refractivity contribution is -0.147. The Morgan fingerprint density at radius 3 is 2.54 bits per heavy atom. The molecule has 1 unspecified atom stereocenters. The van der Waals surface area contributed by atoms with E-state index in [1.807, 2.05) is 6.07 Å². The molecule has 5 nitrogen and oxygen atoms in total. The number of methoxy groups -OCH3 is 1. The van der Waals surface area contributed by atoms with Gasteiger partial charge in [0.05, 0.1) is 6.04 Å². The molecule has 2 fully saturated rings. The van der Waals surface area contributed by atoms with Crippen molar-refractivity contribution in [3.63, 3.8) is 0 Å². The molecule has 1 aromatic carbocycles. The second-order valence-electron chi connectivity index (χ2n) is 7.80. The molecule has 2 aliphatic heterocycles. The van der Waals surface area contributed by atoms with Crippen molar-refractivity contribution in [2.75, 3.05) is 39.8 Å². The van der Waals surface area contributed by atoms with Crippen LogP contribution >= 0.6 is 0 Å². The summed E-state index contributed by atoms with van der Waals surface area (Å²) in [7, 11) is 1.66. The van der Waals surface area contributed by atoms with Crippen molar-refractivity contribution >= 4 is 5.91 Å². The van der Waals surface area contributed by atoms with Gasteiger partial charge < -0.3 is 15.4 Å². The SMILES string of the molecule is COC1(C(=O)NCC(c2ccccc2)N2CCC(C)CC2)CCNCC1. The van der Waals surface area contributed by atoms with Crippen molar-refractivity contribution in [3.8, 4) is 0 Å². The van der Waals surface area contributed by atoms with E-state index in [1.165, 1.54) is 18.4 Å². The third-order valence-electron chi connectivity index (χ3n) is 6.12. The van der Waals surface area contributed by atoms with Gasteiger partial charge in [-0.25, -0.2) is 0 Å². The molecule has 26 heavy (non-hydrogen) atoms. The highest BCUT2D eigenvalue weighted by molar-refractivity contribution is 5.85. The number of carbonyl (C=O) groups is 1. The van der Waals surface area contributed by atoms with Crippen molar-refractivity contribution in [1.82, 2.24) is 15.5 Å². The number of carbonyl (C=O) groups excluding carboxylic acids is 1. The summed E-state index contributed by atoms with van der Waals surface area (Å²) in [5, 5.41) is 6.52. The van der Waals surface area contributed by atoms with Crippen LogP contribution in [0.5, 0.6) is 0 Å². The fourth-order valence-electron chi connectivity index (χ4n) is 4.18. The zero-order chi connectivity index (χ0) is 18.4. The Hall–Kier alpha value is -1.43. The summed E-state index contributed by atoms with van der Waals surface area (Å²) in [5.41, 5.74) is 0.599. The normalized spacial score (nSPS) is 22.7. The van der Waals surface area contributed by atoms with E-state index in [1.54, 1.807) is 7.11 Å². The number of benzene rings is 1. The predicted octanol–water partition coefficient (Wildman–Crippen LogP) is 2.34. The number of hydrogen-bond donors (Lipinski definition) is 2. The number of nitrogens with one attached hydrogen (secondary N) is 2. The molecule has 1 amide bonds. The number of piperidine rings is 2. The van der Waals surface area contributed by atoms with Gasteiger partial charge in [-0.2, -0.15) is 0 Å². The summed E-state index contributed by atoms with van der Waals surface area (Å²) in [4.78, 5) is 15.5. The van der Waals surface area contributed by atoms with Gasteiger partial charge in [0.1, 0.15) is 5.60 Å². The molecule has 144 valence electrons. The molecular formula is C21H33N3O2. The third-order valence-corrected chi connectivity index (χ3v) is 6.12. The number of likely N-dealkylation sites (tertiary alicyclic amines) is 1. The van der Waals surface area contributed by atoms with E-state index in [2.05, 4.69) is 46.7 Å². The average molecular weight is 360 g/mol. The Morgan fingerprint density at radius 1 is 1.27 bits per heavy atom. The fourth-order valence-corrected chi connectivity index (χ4v) is 4.18. The van der Waals surface area contributed by atoms with Crippen LogP contribution in [0.1, 0.15) is 44.2 Å². The first-order valence-electron chi connectivity index (χ1n) is 9.98. The van der Waals surface area contributed by atoms with Crippen molar-refractivity contribution in [2.24, 2.45) is 5.92 Å². The van der Waals surface area contributed by atoms with Crippen LogP contribution in [0.2, 0.25) is 0 Å². The largest absolute Gasteiger partial charge is 0.368 e. The van der Waals surface area contributed by atoms with Gasteiger partial charge in [-0.15, -0.1) is 0 Å². The molecule has 2 N–H and O–H groups in total. The molecule has 2 aliphatic rings. The molecule has 0 saturated carbocycles. The molecule has 1 atom stereocenters. The molecule has 3 rings (SSSR count). The molecule has 0 spiro atoms. The highest BCUT2D eigenvalue weighted by Crippen LogP contribution is 2.27. The van der Waals surface area contributed by atoms with E-state index in [0.29, 0.717) is 6.54 Å². The average Bonchev–Trinajstić information content (AvgIpc) is 2.70. The van der Waals surface area contributed by atoms with Crippen LogP contribution in [0.25, 0.3) is 0 Å². The minimum Gasteiger partial charge on any atom is -0.368 e. The van der Waals surface area contributed by atoms with Gasteiger partial charge in [0.15, 0.2) is 0 Å². The number of rotatable bonds is 6. The first kappa shape index (κ1) is 19.3. The summed E-state index contributed by atoms with van der Waals surface area (Å²) in [6, 6.07) is 10.8. The number of amides is 1. The van der Waals surface area contributed by atoms with Crippen LogP contribution in [0.4, 0.5) is 0 Å². The van der Waals surface area contributed by atoms with E-state index in [9.17, 15) is 4.79 Å². The van der Waals surface area contributed by atoms with Gasteiger partial charge >= 0.3 is 0 Å². The van der Waals surface area contributed by atoms with E-state index >= 15 is 0 Å². The first-order valence-corrected chi connectivity index (χ1v) is 9.98. The molecule has 0 aromatic heterocycles. The van der Waals surface area contributed by atoms with Gasteiger partial charge in [-0.1, -0.05) is 37.3 Å². The monoisotopic (exact) mass is 359 g/mol. The van der Waals surface area contributed by atoms with Crippen molar-refractivity contribution in [3.05, 3.63) is 35.9 Å². The number of hydrogen-bond acceptors (Lipinski definition) is 4. The zero-order valence-electron chi connectivity index (χ0n) is 16.2. The lowest BCUT2D eigenvalue weighted by Crippen LogP contribution is -2.55. The lowest BCUT2D eigenvalue weighted by Gasteiger charge is -2.39. The summed E-state index contributed by atoms with van der Waals surface area (Å²) in [5.74, 6) is 0.830. The molecule has 2 heterocycles. The maximum absolute atomic E-state index is 12.9. The van der Waals surface area contributed by atoms with E-state index in [-0.39, 0.29) is 11.9 Å². The van der Waals surface area contributed by atoms with Crippen LogP contribution in [0.3, 0.4) is 0 Å². The minimum atomic E-state index is -0.678. The Morgan fingerprint density at radius 2 is 1.92 bits per heavy atom. The molecule has 1 aromatic rings. The lowest BCUT2D eigenvalue weighted by atomic mass is 9.90. The highest BCUT2D eigenvalue weighted by Gasteiger charge is 2.40. The third kappa shape index (κ3) is 4.45. The van der Waals surface area contributed by atoms with E-state index in [0.717, 1.165) is 44.9 Å². The predicted molar refractivity (Wildman–Crippen MR) is 104 cm³/mol. The molecular weight excluding hydrogens is 326 g/mol. The maximum Gasteiger partial charge on any atom is 0.252 e. The summed E-state index contributed by atoms with van der Waals surface area (Å²) >= 11 is 0. The van der Waals surface area contributed by atoms with Crippen LogP contribution in [0, 0.1) is 5.92 Å². The van der Waals surface area contributed by atoms with Gasteiger partial charge in [0, 0.05) is 13.7 Å².